The Morgan fingerprint density at radius 2 is 2.38 bits per heavy atom. The monoisotopic (exact) mass is 249 g/mol. The molecular formula is C8H9BrFNO2. The van der Waals surface area contributed by atoms with E-state index in [1.807, 2.05) is 0 Å². The Hall–Kier alpha value is -0.680. The lowest BCUT2D eigenvalue weighted by atomic mass is 10.1. The summed E-state index contributed by atoms with van der Waals surface area (Å²) in [6.45, 7) is -0.848. The highest BCUT2D eigenvalue weighted by molar-refractivity contribution is 9.10. The summed E-state index contributed by atoms with van der Waals surface area (Å²) in [5, 5.41) is 9.31. The Balaban J connectivity index is 3.14. The van der Waals surface area contributed by atoms with Gasteiger partial charge in [-0.15, -0.1) is 0 Å². The standard InChI is InChI=1S/C8H9BrFNO2/c1-13-7-4-11-3-5(9)8(7)6(12)2-10/h3-4,6,12H,2H2,1H3. The molecule has 1 N–H and O–H groups in total. The smallest absolute Gasteiger partial charge is 0.144 e. The lowest BCUT2D eigenvalue weighted by molar-refractivity contribution is 0.137. The first-order valence-corrected chi connectivity index (χ1v) is 4.41. The summed E-state index contributed by atoms with van der Waals surface area (Å²) in [7, 11) is 1.44. The van der Waals surface area contributed by atoms with E-state index >= 15 is 0 Å². The van der Waals surface area contributed by atoms with Crippen LogP contribution in [0.1, 0.15) is 11.7 Å². The van der Waals surface area contributed by atoms with E-state index in [2.05, 4.69) is 20.9 Å². The fourth-order valence-electron chi connectivity index (χ4n) is 0.990. The molecule has 1 aromatic rings. The Morgan fingerprint density at radius 1 is 1.69 bits per heavy atom. The van der Waals surface area contributed by atoms with Gasteiger partial charge >= 0.3 is 0 Å². The van der Waals surface area contributed by atoms with Crippen molar-refractivity contribution in [3.8, 4) is 5.75 Å². The molecule has 5 heteroatoms. The summed E-state index contributed by atoms with van der Waals surface area (Å²) in [5.74, 6) is 0.375. The van der Waals surface area contributed by atoms with E-state index in [-0.39, 0.29) is 0 Å². The molecule has 0 radical (unpaired) electrons. The first kappa shape index (κ1) is 10.4. The van der Waals surface area contributed by atoms with Gasteiger partial charge in [-0.05, 0) is 15.9 Å². The van der Waals surface area contributed by atoms with Crippen molar-refractivity contribution >= 4 is 15.9 Å². The number of aromatic nitrogens is 1. The molecule has 0 spiro atoms. The zero-order valence-corrected chi connectivity index (χ0v) is 8.58. The molecule has 0 bridgehead atoms. The molecule has 72 valence electrons. The molecule has 0 fully saturated rings. The summed E-state index contributed by atoms with van der Waals surface area (Å²) >= 11 is 3.16. The van der Waals surface area contributed by atoms with Gasteiger partial charge in [0.1, 0.15) is 18.5 Å². The fraction of sp³-hybridized carbons (Fsp3) is 0.375. The molecule has 0 aliphatic heterocycles. The molecule has 13 heavy (non-hydrogen) atoms. The molecule has 1 unspecified atom stereocenters. The number of hydrogen-bond acceptors (Lipinski definition) is 3. The number of halogens is 2. The zero-order valence-electron chi connectivity index (χ0n) is 7.00. The van der Waals surface area contributed by atoms with Crippen LogP contribution in [0, 0.1) is 0 Å². The van der Waals surface area contributed by atoms with Crippen molar-refractivity contribution in [2.75, 3.05) is 13.8 Å². The van der Waals surface area contributed by atoms with Crippen molar-refractivity contribution in [1.29, 1.82) is 0 Å². The number of rotatable bonds is 3. The van der Waals surface area contributed by atoms with Crippen LogP contribution in [-0.4, -0.2) is 23.9 Å². The largest absolute Gasteiger partial charge is 0.495 e. The van der Waals surface area contributed by atoms with Gasteiger partial charge < -0.3 is 9.84 Å². The number of nitrogens with zero attached hydrogens (tertiary/aromatic N) is 1. The molecule has 0 aliphatic rings. The summed E-state index contributed by atoms with van der Waals surface area (Å²) in [6, 6.07) is 0. The minimum absolute atomic E-state index is 0.375. The summed E-state index contributed by atoms with van der Waals surface area (Å²) < 4.78 is 17.7. The van der Waals surface area contributed by atoms with E-state index in [0.29, 0.717) is 15.8 Å². The number of pyridine rings is 1. The van der Waals surface area contributed by atoms with Crippen molar-refractivity contribution in [3.05, 3.63) is 22.4 Å². The molecule has 1 heterocycles. The van der Waals surface area contributed by atoms with Crippen molar-refractivity contribution < 1.29 is 14.2 Å². The maximum Gasteiger partial charge on any atom is 0.144 e. The van der Waals surface area contributed by atoms with E-state index in [4.69, 9.17) is 4.74 Å². The quantitative estimate of drug-likeness (QED) is 0.890. The summed E-state index contributed by atoms with van der Waals surface area (Å²) in [5.41, 5.74) is 0.389. The predicted molar refractivity (Wildman–Crippen MR) is 49.4 cm³/mol. The first-order chi connectivity index (χ1) is 6.20. The second kappa shape index (κ2) is 4.53. The van der Waals surface area contributed by atoms with Crippen molar-refractivity contribution in [2.24, 2.45) is 0 Å². The summed E-state index contributed by atoms with van der Waals surface area (Å²) in [4.78, 5) is 3.83. The first-order valence-electron chi connectivity index (χ1n) is 3.62. The molecule has 1 atom stereocenters. The average Bonchev–Trinajstić information content (AvgIpc) is 2.16. The van der Waals surface area contributed by atoms with E-state index in [0.717, 1.165) is 0 Å². The Bertz CT molecular complexity index is 295. The van der Waals surface area contributed by atoms with Crippen LogP contribution in [0.5, 0.6) is 5.75 Å². The lowest BCUT2D eigenvalue weighted by Crippen LogP contribution is -2.03. The number of ether oxygens (including phenoxy) is 1. The lowest BCUT2D eigenvalue weighted by Gasteiger charge is -2.12. The van der Waals surface area contributed by atoms with Gasteiger partial charge in [0.2, 0.25) is 0 Å². The molecule has 0 aromatic carbocycles. The predicted octanol–water partition coefficient (Wildman–Crippen LogP) is 1.86. The van der Waals surface area contributed by atoms with Crippen LogP contribution in [0.2, 0.25) is 0 Å². The van der Waals surface area contributed by atoms with Gasteiger partial charge in [0, 0.05) is 16.2 Å². The third kappa shape index (κ3) is 2.16. The molecule has 1 aromatic heterocycles. The molecule has 0 amide bonds. The van der Waals surface area contributed by atoms with Gasteiger partial charge in [-0.3, -0.25) is 4.98 Å². The van der Waals surface area contributed by atoms with E-state index < -0.39 is 12.8 Å². The maximum absolute atomic E-state index is 12.2. The van der Waals surface area contributed by atoms with Gasteiger partial charge in [-0.25, -0.2) is 4.39 Å². The van der Waals surface area contributed by atoms with Gasteiger partial charge in [0.15, 0.2) is 0 Å². The zero-order chi connectivity index (χ0) is 9.84. The number of hydrogen-bond donors (Lipinski definition) is 1. The molecular weight excluding hydrogens is 241 g/mol. The number of aliphatic hydroxyl groups excluding tert-OH is 1. The van der Waals surface area contributed by atoms with Crippen LogP contribution in [0.25, 0.3) is 0 Å². The van der Waals surface area contributed by atoms with Crippen LogP contribution in [0.4, 0.5) is 4.39 Å². The fourth-order valence-corrected chi connectivity index (χ4v) is 1.57. The van der Waals surface area contributed by atoms with Gasteiger partial charge in [0.05, 0.1) is 13.3 Å². The van der Waals surface area contributed by atoms with E-state index in [1.54, 1.807) is 0 Å². The highest BCUT2D eigenvalue weighted by atomic mass is 79.9. The third-order valence-corrected chi connectivity index (χ3v) is 2.23. The number of methoxy groups -OCH3 is 1. The van der Waals surface area contributed by atoms with Crippen molar-refractivity contribution in [2.45, 2.75) is 6.10 Å². The van der Waals surface area contributed by atoms with Crippen LogP contribution in [0.15, 0.2) is 16.9 Å². The Labute approximate surface area is 83.7 Å². The number of alkyl halides is 1. The minimum atomic E-state index is -1.17. The van der Waals surface area contributed by atoms with Crippen LogP contribution in [0.3, 0.4) is 0 Å². The third-order valence-electron chi connectivity index (χ3n) is 1.60. The van der Waals surface area contributed by atoms with Gasteiger partial charge in [-0.1, -0.05) is 0 Å². The topological polar surface area (TPSA) is 42.4 Å². The number of aliphatic hydroxyl groups is 1. The summed E-state index contributed by atoms with van der Waals surface area (Å²) in [6.07, 6.45) is 1.74. The van der Waals surface area contributed by atoms with Crippen LogP contribution in [-0.2, 0) is 0 Å². The molecule has 3 nitrogen and oxygen atoms in total. The van der Waals surface area contributed by atoms with Crippen LogP contribution >= 0.6 is 15.9 Å². The SMILES string of the molecule is COc1cncc(Br)c1C(O)CF. The average molecular weight is 250 g/mol. The molecule has 0 aliphatic carbocycles. The van der Waals surface area contributed by atoms with Gasteiger partial charge in [-0.2, -0.15) is 0 Å². The Kier molecular flexibility index (Phi) is 3.62. The normalized spacial score (nSPS) is 12.6. The highest BCUT2D eigenvalue weighted by Gasteiger charge is 2.16. The van der Waals surface area contributed by atoms with Crippen molar-refractivity contribution in [1.82, 2.24) is 4.98 Å². The van der Waals surface area contributed by atoms with Crippen LogP contribution < -0.4 is 4.74 Å². The minimum Gasteiger partial charge on any atom is -0.495 e. The highest BCUT2D eigenvalue weighted by Crippen LogP contribution is 2.31. The van der Waals surface area contributed by atoms with E-state index in [1.165, 1.54) is 19.5 Å². The molecule has 0 saturated heterocycles. The van der Waals surface area contributed by atoms with Crippen molar-refractivity contribution in [3.63, 3.8) is 0 Å². The van der Waals surface area contributed by atoms with Gasteiger partial charge in [0.25, 0.3) is 0 Å². The van der Waals surface area contributed by atoms with E-state index in [9.17, 15) is 9.50 Å². The second-order valence-electron chi connectivity index (χ2n) is 2.41. The molecule has 1 rings (SSSR count). The molecule has 0 saturated carbocycles. The maximum atomic E-state index is 12.2. The Morgan fingerprint density at radius 3 is 2.92 bits per heavy atom. The second-order valence-corrected chi connectivity index (χ2v) is 3.26.